The molecule has 0 spiro atoms. The lowest BCUT2D eigenvalue weighted by Crippen LogP contribution is -2.11. The zero-order valence-corrected chi connectivity index (χ0v) is 11.5. The van der Waals surface area contributed by atoms with Crippen LogP contribution in [0.5, 0.6) is 0 Å². The van der Waals surface area contributed by atoms with Crippen LogP contribution in [0.3, 0.4) is 0 Å². The Hall–Kier alpha value is -1.13. The maximum Gasteiger partial charge on any atom is 0.0986 e. The minimum Gasteiger partial charge on any atom is -0.386 e. The highest BCUT2D eigenvalue weighted by atomic mass is 79.9. The van der Waals surface area contributed by atoms with Crippen LogP contribution in [-0.4, -0.2) is 14.9 Å². The molecule has 1 aromatic carbocycles. The van der Waals surface area contributed by atoms with Gasteiger partial charge in [0, 0.05) is 5.69 Å². The highest BCUT2D eigenvalue weighted by Crippen LogP contribution is 2.22. The van der Waals surface area contributed by atoms with Gasteiger partial charge in [-0.25, -0.2) is 0 Å². The van der Waals surface area contributed by atoms with Crippen LogP contribution in [0.25, 0.3) is 0 Å². The van der Waals surface area contributed by atoms with Crippen LogP contribution in [0, 0.1) is 13.8 Å². The Morgan fingerprint density at radius 1 is 1.29 bits per heavy atom. The molecule has 0 unspecified atom stereocenters. The molecule has 0 aliphatic carbocycles. The summed E-state index contributed by atoms with van der Waals surface area (Å²) >= 11 is 3.48. The van der Waals surface area contributed by atoms with Crippen LogP contribution in [0.2, 0.25) is 0 Å². The number of nitrogens with zero attached hydrogens (tertiary/aromatic N) is 2. The fraction of sp³-hybridized carbons (Fsp3) is 0.308. The first-order valence-corrected chi connectivity index (χ1v) is 6.31. The third-order valence-corrected chi connectivity index (χ3v) is 3.97. The van der Waals surface area contributed by atoms with Crippen molar-refractivity contribution in [2.24, 2.45) is 0 Å². The molecular weight excluding hydrogens is 280 g/mol. The van der Waals surface area contributed by atoms with Gasteiger partial charge in [-0.1, -0.05) is 30.3 Å². The van der Waals surface area contributed by atoms with Crippen molar-refractivity contribution >= 4 is 15.9 Å². The van der Waals surface area contributed by atoms with Gasteiger partial charge in [-0.15, -0.1) is 0 Å². The maximum atomic E-state index is 10.1. The predicted octanol–water partition coefficient (Wildman–Crippen LogP) is 3.00. The summed E-state index contributed by atoms with van der Waals surface area (Å²) in [7, 11) is 0. The Morgan fingerprint density at radius 2 is 1.94 bits per heavy atom. The first-order chi connectivity index (χ1) is 8.09. The lowest BCUT2D eigenvalue weighted by atomic mass is 10.1. The number of aryl methyl sites for hydroxylation is 1. The quantitative estimate of drug-likeness (QED) is 0.945. The van der Waals surface area contributed by atoms with E-state index in [0.717, 1.165) is 21.4 Å². The Labute approximate surface area is 109 Å². The summed E-state index contributed by atoms with van der Waals surface area (Å²) in [6.07, 6.45) is -0.527. The molecule has 90 valence electrons. The summed E-state index contributed by atoms with van der Waals surface area (Å²) in [4.78, 5) is 0. The van der Waals surface area contributed by atoms with Crippen molar-refractivity contribution in [2.75, 3.05) is 0 Å². The van der Waals surface area contributed by atoms with Gasteiger partial charge in [0.25, 0.3) is 0 Å². The molecular formula is C13H15BrN2O. The van der Waals surface area contributed by atoms with Crippen molar-refractivity contribution in [2.45, 2.75) is 26.5 Å². The van der Waals surface area contributed by atoms with Gasteiger partial charge in [-0.3, -0.25) is 4.68 Å². The van der Waals surface area contributed by atoms with Gasteiger partial charge in [0.2, 0.25) is 0 Å². The van der Waals surface area contributed by atoms with Crippen LogP contribution >= 0.6 is 15.9 Å². The summed E-state index contributed by atoms with van der Waals surface area (Å²) in [5.41, 5.74) is 2.90. The number of benzene rings is 1. The first-order valence-electron chi connectivity index (χ1n) is 5.52. The van der Waals surface area contributed by atoms with Gasteiger partial charge in [-0.2, -0.15) is 5.10 Å². The molecule has 17 heavy (non-hydrogen) atoms. The minimum atomic E-state index is -0.527. The molecule has 1 N–H and O–H groups in total. The van der Waals surface area contributed by atoms with E-state index in [1.54, 1.807) is 0 Å². The maximum absolute atomic E-state index is 10.1. The number of aliphatic hydroxyl groups excluding tert-OH is 1. The number of hydrogen-bond donors (Lipinski definition) is 1. The molecule has 2 rings (SSSR count). The molecule has 1 aromatic heterocycles. The fourth-order valence-corrected chi connectivity index (χ4v) is 2.08. The number of halogens is 1. The van der Waals surface area contributed by atoms with Crippen LogP contribution in [0.1, 0.15) is 23.1 Å². The van der Waals surface area contributed by atoms with Crippen molar-refractivity contribution < 1.29 is 5.11 Å². The number of aromatic nitrogens is 2. The summed E-state index contributed by atoms with van der Waals surface area (Å²) in [6.45, 7) is 4.41. The summed E-state index contributed by atoms with van der Waals surface area (Å²) in [6, 6.07) is 9.64. The SMILES string of the molecule is Cc1nn(C[C@H](O)c2ccccc2)c(C)c1Br. The van der Waals surface area contributed by atoms with Crippen LogP contribution in [-0.2, 0) is 6.54 Å². The van der Waals surface area contributed by atoms with E-state index in [0.29, 0.717) is 6.54 Å². The summed E-state index contributed by atoms with van der Waals surface area (Å²) in [5, 5.41) is 14.5. The molecule has 0 saturated carbocycles. The van der Waals surface area contributed by atoms with E-state index < -0.39 is 6.10 Å². The van der Waals surface area contributed by atoms with Gasteiger partial charge < -0.3 is 5.11 Å². The average Bonchev–Trinajstić information content (AvgIpc) is 2.58. The van der Waals surface area contributed by atoms with Crippen molar-refractivity contribution in [3.05, 3.63) is 51.8 Å². The highest BCUT2D eigenvalue weighted by molar-refractivity contribution is 9.10. The molecule has 1 heterocycles. The third-order valence-electron chi connectivity index (χ3n) is 2.82. The average molecular weight is 295 g/mol. The molecule has 1 atom stereocenters. The highest BCUT2D eigenvalue weighted by Gasteiger charge is 2.13. The lowest BCUT2D eigenvalue weighted by molar-refractivity contribution is 0.150. The Bertz CT molecular complexity index is 508. The van der Waals surface area contributed by atoms with Gasteiger partial charge in [0.15, 0.2) is 0 Å². The standard InChI is InChI=1S/C13H15BrN2O/c1-9-13(14)10(2)16(15-9)8-12(17)11-6-4-3-5-7-11/h3-7,12,17H,8H2,1-2H3/t12-/m0/s1. The molecule has 0 aliphatic heterocycles. The van der Waals surface area contributed by atoms with Gasteiger partial charge >= 0.3 is 0 Å². The smallest absolute Gasteiger partial charge is 0.0986 e. The van der Waals surface area contributed by atoms with Crippen molar-refractivity contribution in [1.82, 2.24) is 9.78 Å². The molecule has 0 aliphatic rings. The van der Waals surface area contributed by atoms with Crippen LogP contribution < -0.4 is 0 Å². The van der Waals surface area contributed by atoms with Crippen molar-refractivity contribution in [1.29, 1.82) is 0 Å². The summed E-state index contributed by atoms with van der Waals surface area (Å²) in [5.74, 6) is 0. The van der Waals surface area contributed by atoms with Crippen LogP contribution in [0.15, 0.2) is 34.8 Å². The number of aliphatic hydroxyl groups is 1. The van der Waals surface area contributed by atoms with E-state index in [1.807, 2.05) is 48.9 Å². The normalized spacial score (nSPS) is 12.7. The van der Waals surface area contributed by atoms with E-state index in [9.17, 15) is 5.11 Å². The topological polar surface area (TPSA) is 38.0 Å². The lowest BCUT2D eigenvalue weighted by Gasteiger charge is -2.12. The second-order valence-electron chi connectivity index (χ2n) is 4.09. The van der Waals surface area contributed by atoms with E-state index in [-0.39, 0.29) is 0 Å². The molecule has 0 fully saturated rings. The monoisotopic (exact) mass is 294 g/mol. The second kappa shape index (κ2) is 5.02. The fourth-order valence-electron chi connectivity index (χ4n) is 1.80. The van der Waals surface area contributed by atoms with Crippen LogP contribution in [0.4, 0.5) is 0 Å². The summed E-state index contributed by atoms with van der Waals surface area (Å²) < 4.78 is 2.84. The second-order valence-corrected chi connectivity index (χ2v) is 4.89. The molecule has 3 nitrogen and oxygen atoms in total. The zero-order valence-electron chi connectivity index (χ0n) is 9.89. The Morgan fingerprint density at radius 3 is 2.47 bits per heavy atom. The van der Waals surface area contributed by atoms with Gasteiger partial charge in [0.1, 0.15) is 0 Å². The number of hydrogen-bond acceptors (Lipinski definition) is 2. The zero-order chi connectivity index (χ0) is 12.4. The molecule has 0 radical (unpaired) electrons. The number of rotatable bonds is 3. The van der Waals surface area contributed by atoms with E-state index in [2.05, 4.69) is 21.0 Å². The minimum absolute atomic E-state index is 0.474. The molecule has 4 heteroatoms. The Kier molecular flexibility index (Phi) is 3.64. The van der Waals surface area contributed by atoms with E-state index >= 15 is 0 Å². The predicted molar refractivity (Wildman–Crippen MR) is 70.8 cm³/mol. The van der Waals surface area contributed by atoms with Crippen molar-refractivity contribution in [3.8, 4) is 0 Å². The first kappa shape index (κ1) is 12.3. The van der Waals surface area contributed by atoms with Crippen molar-refractivity contribution in [3.63, 3.8) is 0 Å². The largest absolute Gasteiger partial charge is 0.386 e. The van der Waals surface area contributed by atoms with E-state index in [4.69, 9.17) is 0 Å². The molecule has 2 aromatic rings. The van der Waals surface area contributed by atoms with E-state index in [1.165, 1.54) is 0 Å². The Balaban J connectivity index is 2.19. The molecule has 0 bridgehead atoms. The third kappa shape index (κ3) is 2.58. The molecule has 0 amide bonds. The molecule has 0 saturated heterocycles. The van der Waals surface area contributed by atoms with Gasteiger partial charge in [0.05, 0.1) is 22.8 Å². The van der Waals surface area contributed by atoms with Gasteiger partial charge in [-0.05, 0) is 35.3 Å².